The standard InChI is InChI=1S/C22H27FN2O4S/c1-25(19-7-3-2-4-8-19)30(27,28)21-9-5-6-17(16-21)22(26)24-14-15-29-20-12-10-18(23)11-13-20/h5-6,9-13,16,19H,2-4,7-8,14-15H2,1H3,(H,24,26). The van der Waals surface area contributed by atoms with Crippen molar-refractivity contribution in [3.05, 3.63) is 59.9 Å². The summed E-state index contributed by atoms with van der Waals surface area (Å²) in [5.74, 6) is -0.223. The van der Waals surface area contributed by atoms with Crippen LogP contribution >= 0.6 is 0 Å². The fourth-order valence-corrected chi connectivity index (χ4v) is 5.03. The molecular weight excluding hydrogens is 407 g/mol. The summed E-state index contributed by atoms with van der Waals surface area (Å²) in [6.07, 6.45) is 4.94. The molecular formula is C22H27FN2O4S. The number of rotatable bonds is 8. The van der Waals surface area contributed by atoms with E-state index < -0.39 is 10.0 Å². The molecule has 0 bridgehead atoms. The van der Waals surface area contributed by atoms with E-state index in [2.05, 4.69) is 5.32 Å². The van der Waals surface area contributed by atoms with Crippen LogP contribution in [0, 0.1) is 5.82 Å². The van der Waals surface area contributed by atoms with Gasteiger partial charge in [-0.3, -0.25) is 4.79 Å². The van der Waals surface area contributed by atoms with Gasteiger partial charge < -0.3 is 10.1 Å². The number of amides is 1. The molecule has 3 rings (SSSR count). The third kappa shape index (κ3) is 5.58. The van der Waals surface area contributed by atoms with E-state index in [1.165, 1.54) is 40.7 Å². The van der Waals surface area contributed by atoms with Crippen molar-refractivity contribution in [2.75, 3.05) is 20.2 Å². The van der Waals surface area contributed by atoms with Crippen molar-refractivity contribution in [2.24, 2.45) is 0 Å². The van der Waals surface area contributed by atoms with Crippen molar-refractivity contribution in [3.63, 3.8) is 0 Å². The van der Waals surface area contributed by atoms with E-state index in [1.807, 2.05) is 0 Å². The molecule has 0 aliphatic heterocycles. The van der Waals surface area contributed by atoms with Crippen molar-refractivity contribution in [1.29, 1.82) is 0 Å². The normalized spacial score (nSPS) is 15.2. The second-order valence-corrected chi connectivity index (χ2v) is 9.40. The van der Waals surface area contributed by atoms with Crippen LogP contribution in [0.1, 0.15) is 42.5 Å². The van der Waals surface area contributed by atoms with Crippen molar-refractivity contribution in [3.8, 4) is 5.75 Å². The van der Waals surface area contributed by atoms with Gasteiger partial charge in [0.1, 0.15) is 18.2 Å². The van der Waals surface area contributed by atoms with Gasteiger partial charge in [-0.2, -0.15) is 4.31 Å². The summed E-state index contributed by atoms with van der Waals surface area (Å²) in [4.78, 5) is 12.5. The maximum atomic E-state index is 13.0. The van der Waals surface area contributed by atoms with Crippen LogP contribution < -0.4 is 10.1 Å². The number of nitrogens with zero attached hydrogens (tertiary/aromatic N) is 1. The fourth-order valence-electron chi connectivity index (χ4n) is 3.57. The zero-order chi connectivity index (χ0) is 21.6. The van der Waals surface area contributed by atoms with E-state index in [9.17, 15) is 17.6 Å². The molecule has 1 saturated carbocycles. The molecule has 2 aromatic carbocycles. The zero-order valence-corrected chi connectivity index (χ0v) is 17.8. The second kappa shape index (κ2) is 10.0. The SMILES string of the molecule is CN(C1CCCCC1)S(=O)(=O)c1cccc(C(=O)NCCOc2ccc(F)cc2)c1. The topological polar surface area (TPSA) is 75.7 Å². The highest BCUT2D eigenvalue weighted by Gasteiger charge is 2.29. The molecule has 1 aliphatic carbocycles. The molecule has 0 radical (unpaired) electrons. The number of benzene rings is 2. The van der Waals surface area contributed by atoms with E-state index in [1.54, 1.807) is 19.2 Å². The number of ether oxygens (including phenoxy) is 1. The van der Waals surface area contributed by atoms with Crippen molar-refractivity contribution in [1.82, 2.24) is 9.62 Å². The lowest BCUT2D eigenvalue weighted by Gasteiger charge is -2.30. The highest BCUT2D eigenvalue weighted by molar-refractivity contribution is 7.89. The van der Waals surface area contributed by atoms with Gasteiger partial charge in [0.2, 0.25) is 10.0 Å². The average molecular weight is 435 g/mol. The largest absolute Gasteiger partial charge is 0.492 e. The molecule has 1 N–H and O–H groups in total. The predicted molar refractivity (Wildman–Crippen MR) is 112 cm³/mol. The number of hydrogen-bond acceptors (Lipinski definition) is 4. The Balaban J connectivity index is 1.58. The molecule has 0 aromatic heterocycles. The van der Waals surface area contributed by atoms with Gasteiger partial charge in [0.15, 0.2) is 0 Å². The Morgan fingerprint density at radius 1 is 1.13 bits per heavy atom. The van der Waals surface area contributed by atoms with Crippen LogP contribution in [0.25, 0.3) is 0 Å². The summed E-state index contributed by atoms with van der Waals surface area (Å²) in [6, 6.07) is 11.7. The molecule has 8 heteroatoms. The van der Waals surface area contributed by atoms with Gasteiger partial charge in [0, 0.05) is 18.7 Å². The summed E-state index contributed by atoms with van der Waals surface area (Å²) >= 11 is 0. The minimum Gasteiger partial charge on any atom is -0.492 e. The summed E-state index contributed by atoms with van der Waals surface area (Å²) in [5, 5.41) is 2.71. The Kier molecular flexibility index (Phi) is 7.44. The quantitative estimate of drug-likeness (QED) is 0.645. The highest BCUT2D eigenvalue weighted by atomic mass is 32.2. The number of carbonyl (C=O) groups excluding carboxylic acids is 1. The lowest BCUT2D eigenvalue weighted by atomic mass is 9.96. The minimum absolute atomic E-state index is 0.00448. The number of nitrogens with one attached hydrogen (secondary N) is 1. The molecule has 0 spiro atoms. The first-order valence-corrected chi connectivity index (χ1v) is 11.6. The van der Waals surface area contributed by atoms with Crippen LogP contribution in [0.15, 0.2) is 53.4 Å². The minimum atomic E-state index is -3.66. The van der Waals surface area contributed by atoms with E-state index in [0.717, 1.165) is 32.1 Å². The van der Waals surface area contributed by atoms with E-state index in [0.29, 0.717) is 5.75 Å². The number of carbonyl (C=O) groups is 1. The van der Waals surface area contributed by atoms with Crippen LogP contribution in [0.5, 0.6) is 5.75 Å². The Morgan fingerprint density at radius 3 is 2.53 bits per heavy atom. The van der Waals surface area contributed by atoms with Crippen LogP contribution in [-0.2, 0) is 10.0 Å². The summed E-state index contributed by atoms with van der Waals surface area (Å²) < 4.78 is 45.8. The predicted octanol–water partition coefficient (Wildman–Crippen LogP) is 3.59. The van der Waals surface area contributed by atoms with Crippen LogP contribution in [0.2, 0.25) is 0 Å². The smallest absolute Gasteiger partial charge is 0.251 e. The molecule has 162 valence electrons. The Labute approximate surface area is 177 Å². The van der Waals surface area contributed by atoms with Crippen LogP contribution in [0.4, 0.5) is 4.39 Å². The van der Waals surface area contributed by atoms with Gasteiger partial charge in [-0.1, -0.05) is 25.3 Å². The van der Waals surface area contributed by atoms with Gasteiger partial charge in [0.25, 0.3) is 5.91 Å². The molecule has 0 atom stereocenters. The monoisotopic (exact) mass is 434 g/mol. The average Bonchev–Trinajstić information content (AvgIpc) is 2.78. The maximum absolute atomic E-state index is 13.0. The molecule has 0 unspecified atom stereocenters. The summed E-state index contributed by atoms with van der Waals surface area (Å²) in [7, 11) is -2.05. The zero-order valence-electron chi connectivity index (χ0n) is 17.0. The first-order valence-electron chi connectivity index (χ1n) is 10.1. The summed E-state index contributed by atoms with van der Waals surface area (Å²) in [5.41, 5.74) is 0.273. The third-order valence-corrected chi connectivity index (χ3v) is 7.24. The second-order valence-electron chi connectivity index (χ2n) is 7.40. The molecule has 1 amide bonds. The number of sulfonamides is 1. The Hall–Kier alpha value is -2.45. The lowest BCUT2D eigenvalue weighted by molar-refractivity contribution is 0.0946. The van der Waals surface area contributed by atoms with Gasteiger partial charge in [0.05, 0.1) is 11.4 Å². The molecule has 0 saturated heterocycles. The first-order chi connectivity index (χ1) is 14.4. The molecule has 0 heterocycles. The lowest BCUT2D eigenvalue weighted by Crippen LogP contribution is -2.38. The van der Waals surface area contributed by atoms with Crippen molar-refractivity contribution >= 4 is 15.9 Å². The maximum Gasteiger partial charge on any atom is 0.251 e. The highest BCUT2D eigenvalue weighted by Crippen LogP contribution is 2.26. The van der Waals surface area contributed by atoms with Crippen molar-refractivity contribution in [2.45, 2.75) is 43.0 Å². The first kappa shape index (κ1) is 22.2. The van der Waals surface area contributed by atoms with Crippen molar-refractivity contribution < 1.29 is 22.3 Å². The Morgan fingerprint density at radius 2 is 1.83 bits per heavy atom. The van der Waals surface area contributed by atoms with E-state index in [4.69, 9.17) is 4.74 Å². The molecule has 1 fully saturated rings. The molecule has 30 heavy (non-hydrogen) atoms. The van der Waals surface area contributed by atoms with Gasteiger partial charge in [-0.25, -0.2) is 12.8 Å². The molecule has 1 aliphatic rings. The third-order valence-electron chi connectivity index (χ3n) is 5.33. The van der Waals surface area contributed by atoms with E-state index >= 15 is 0 Å². The molecule has 2 aromatic rings. The number of hydrogen-bond donors (Lipinski definition) is 1. The Bertz CT molecular complexity index is 957. The van der Waals surface area contributed by atoms with Gasteiger partial charge >= 0.3 is 0 Å². The summed E-state index contributed by atoms with van der Waals surface area (Å²) in [6.45, 7) is 0.439. The van der Waals surface area contributed by atoms with Crippen LogP contribution in [0.3, 0.4) is 0 Å². The van der Waals surface area contributed by atoms with Gasteiger partial charge in [-0.15, -0.1) is 0 Å². The van der Waals surface area contributed by atoms with E-state index in [-0.39, 0.29) is 41.4 Å². The fraction of sp³-hybridized carbons (Fsp3) is 0.409. The van der Waals surface area contributed by atoms with Crippen LogP contribution in [-0.4, -0.2) is 44.9 Å². The molecule has 6 nitrogen and oxygen atoms in total. The number of halogens is 1. The van der Waals surface area contributed by atoms with Gasteiger partial charge in [-0.05, 0) is 55.3 Å².